The summed E-state index contributed by atoms with van der Waals surface area (Å²) < 4.78 is 11.2. The van der Waals surface area contributed by atoms with Crippen LogP contribution in [-0.4, -0.2) is 43.8 Å². The normalized spacial score (nSPS) is 13.5. The van der Waals surface area contributed by atoms with Gasteiger partial charge in [0.25, 0.3) is 0 Å². The molecule has 0 atom stereocenters. The smallest absolute Gasteiger partial charge is 0.191 e. The lowest BCUT2D eigenvalue weighted by Gasteiger charge is -2.20. The molecule has 0 spiro atoms. The van der Waals surface area contributed by atoms with E-state index in [9.17, 15) is 0 Å². The Morgan fingerprint density at radius 1 is 1.26 bits per heavy atom. The number of aryl methyl sites for hydroxylation is 1. The summed E-state index contributed by atoms with van der Waals surface area (Å²) >= 11 is 7.98. The Morgan fingerprint density at radius 3 is 2.89 bits per heavy atom. The van der Waals surface area contributed by atoms with Gasteiger partial charge in [0.1, 0.15) is 13.2 Å². The molecule has 27 heavy (non-hydrogen) atoms. The molecule has 146 valence electrons. The van der Waals surface area contributed by atoms with Crippen molar-refractivity contribution < 1.29 is 9.47 Å². The number of aliphatic imine (C=N–C) groups is 1. The fraction of sp³-hybridized carbons (Fsp3) is 0.474. The van der Waals surface area contributed by atoms with Gasteiger partial charge in [0.15, 0.2) is 17.5 Å². The first kappa shape index (κ1) is 19.8. The highest BCUT2D eigenvalue weighted by atomic mass is 35.5. The third-order valence-corrected chi connectivity index (χ3v) is 5.11. The molecule has 0 bridgehead atoms. The molecule has 1 aliphatic heterocycles. The van der Waals surface area contributed by atoms with Gasteiger partial charge in [0, 0.05) is 31.4 Å². The summed E-state index contributed by atoms with van der Waals surface area (Å²) in [6.07, 6.45) is 1.66. The molecule has 2 aromatic rings. The van der Waals surface area contributed by atoms with Crippen LogP contribution in [0.25, 0.3) is 0 Å². The summed E-state index contributed by atoms with van der Waals surface area (Å²) in [5.41, 5.74) is 2.20. The second-order valence-corrected chi connectivity index (χ2v) is 7.62. The number of nitrogens with zero attached hydrogens (tertiary/aromatic N) is 2. The molecular weight excluding hydrogens is 384 g/mol. The maximum atomic E-state index is 6.30. The number of hydrogen-bond acceptors (Lipinski definition) is 5. The molecule has 1 aromatic heterocycles. The van der Waals surface area contributed by atoms with Crippen LogP contribution < -0.4 is 20.1 Å². The van der Waals surface area contributed by atoms with Gasteiger partial charge in [0.2, 0.25) is 0 Å². The third kappa shape index (κ3) is 5.74. The largest absolute Gasteiger partial charge is 0.486 e. The van der Waals surface area contributed by atoms with Crippen molar-refractivity contribution in [3.63, 3.8) is 0 Å². The zero-order valence-corrected chi connectivity index (χ0v) is 17.3. The first-order valence-electron chi connectivity index (χ1n) is 9.17. The Labute approximate surface area is 169 Å². The summed E-state index contributed by atoms with van der Waals surface area (Å²) in [5, 5.41) is 10.4. The topological polar surface area (TPSA) is 67.8 Å². The number of rotatable bonds is 7. The highest BCUT2D eigenvalue weighted by Gasteiger charge is 2.16. The highest BCUT2D eigenvalue weighted by molar-refractivity contribution is 7.09. The number of guanidine groups is 1. The average Bonchev–Trinajstić information content (AvgIpc) is 3.07. The van der Waals surface area contributed by atoms with Gasteiger partial charge in [-0.1, -0.05) is 11.6 Å². The third-order valence-electron chi connectivity index (χ3n) is 4.01. The van der Waals surface area contributed by atoms with Gasteiger partial charge < -0.3 is 20.1 Å². The van der Waals surface area contributed by atoms with Crippen LogP contribution >= 0.6 is 22.9 Å². The molecule has 0 aliphatic carbocycles. The number of benzene rings is 1. The molecule has 8 heteroatoms. The number of aromatic nitrogens is 1. The Bertz CT molecular complexity index is 794. The van der Waals surface area contributed by atoms with Gasteiger partial charge in [-0.3, -0.25) is 4.99 Å². The van der Waals surface area contributed by atoms with Crippen molar-refractivity contribution in [2.24, 2.45) is 4.99 Å². The molecule has 0 unspecified atom stereocenters. The van der Waals surface area contributed by atoms with Crippen LogP contribution in [-0.2, 0) is 12.8 Å². The first-order valence-corrected chi connectivity index (χ1v) is 10.4. The van der Waals surface area contributed by atoms with E-state index in [4.69, 9.17) is 21.1 Å². The maximum absolute atomic E-state index is 6.30. The molecule has 0 radical (unpaired) electrons. The van der Waals surface area contributed by atoms with Crippen molar-refractivity contribution in [1.82, 2.24) is 15.6 Å². The molecule has 0 amide bonds. The molecule has 0 saturated carbocycles. The highest BCUT2D eigenvalue weighted by Crippen LogP contribution is 2.38. The number of ether oxygens (including phenoxy) is 2. The van der Waals surface area contributed by atoms with Gasteiger partial charge in [-0.2, -0.15) is 0 Å². The molecule has 1 aliphatic rings. The molecule has 2 heterocycles. The first-order chi connectivity index (χ1) is 13.2. The lowest BCUT2D eigenvalue weighted by molar-refractivity contribution is 0.171. The minimum atomic E-state index is 0.538. The van der Waals surface area contributed by atoms with Gasteiger partial charge in [-0.05, 0) is 38.0 Å². The van der Waals surface area contributed by atoms with Crippen LogP contribution in [0, 0.1) is 6.92 Å². The summed E-state index contributed by atoms with van der Waals surface area (Å²) in [6, 6.07) is 3.93. The van der Waals surface area contributed by atoms with Gasteiger partial charge in [-0.15, -0.1) is 11.3 Å². The van der Waals surface area contributed by atoms with Crippen LogP contribution in [0.15, 0.2) is 22.5 Å². The fourth-order valence-electron chi connectivity index (χ4n) is 2.78. The van der Waals surface area contributed by atoms with Gasteiger partial charge in [-0.25, -0.2) is 4.98 Å². The van der Waals surface area contributed by atoms with Crippen molar-refractivity contribution in [2.75, 3.05) is 32.8 Å². The fourth-order valence-corrected chi connectivity index (χ4v) is 3.72. The lowest BCUT2D eigenvalue weighted by atomic mass is 10.1. The van der Waals surface area contributed by atoms with Crippen LogP contribution in [0.3, 0.4) is 0 Å². The number of hydrogen-bond donors (Lipinski definition) is 2. The van der Waals surface area contributed by atoms with Crippen molar-refractivity contribution in [2.45, 2.75) is 26.7 Å². The molecule has 6 nitrogen and oxygen atoms in total. The Balaban J connectivity index is 1.51. The number of halogens is 1. The summed E-state index contributed by atoms with van der Waals surface area (Å²) in [4.78, 5) is 9.10. The molecule has 0 fully saturated rings. The van der Waals surface area contributed by atoms with Crippen molar-refractivity contribution in [3.8, 4) is 11.5 Å². The predicted octanol–water partition coefficient (Wildman–Crippen LogP) is 3.22. The number of nitrogens with one attached hydrogen (secondary N) is 2. The van der Waals surface area contributed by atoms with E-state index >= 15 is 0 Å². The van der Waals surface area contributed by atoms with Gasteiger partial charge in [0.05, 0.1) is 15.7 Å². The summed E-state index contributed by atoms with van der Waals surface area (Å²) in [5.74, 6) is 2.18. The maximum Gasteiger partial charge on any atom is 0.191 e. The van der Waals surface area contributed by atoms with E-state index in [-0.39, 0.29) is 0 Å². The van der Waals surface area contributed by atoms with Crippen LogP contribution in [0.2, 0.25) is 5.02 Å². The second kappa shape index (κ2) is 9.80. The van der Waals surface area contributed by atoms with E-state index in [2.05, 4.69) is 32.9 Å². The Hall–Kier alpha value is -1.99. The lowest BCUT2D eigenvalue weighted by Crippen LogP contribution is -2.38. The van der Waals surface area contributed by atoms with E-state index in [1.54, 1.807) is 11.3 Å². The van der Waals surface area contributed by atoms with E-state index < -0.39 is 0 Å². The molecule has 2 N–H and O–H groups in total. The van der Waals surface area contributed by atoms with Gasteiger partial charge >= 0.3 is 0 Å². The van der Waals surface area contributed by atoms with E-state index in [0.717, 1.165) is 53.9 Å². The number of thiazole rings is 1. The summed E-state index contributed by atoms with van der Waals surface area (Å²) in [6.45, 7) is 7.44. The van der Waals surface area contributed by atoms with Crippen LogP contribution in [0.4, 0.5) is 0 Å². The summed E-state index contributed by atoms with van der Waals surface area (Å²) in [7, 11) is 0. The zero-order valence-electron chi connectivity index (χ0n) is 15.7. The van der Waals surface area contributed by atoms with Crippen molar-refractivity contribution >= 4 is 28.9 Å². The monoisotopic (exact) mass is 408 g/mol. The quantitative estimate of drug-likeness (QED) is 0.544. The van der Waals surface area contributed by atoms with Crippen molar-refractivity contribution in [1.29, 1.82) is 0 Å². The Kier molecular flexibility index (Phi) is 7.18. The zero-order chi connectivity index (χ0) is 19.1. The van der Waals surface area contributed by atoms with Crippen molar-refractivity contribution in [3.05, 3.63) is 38.8 Å². The van der Waals surface area contributed by atoms with Crippen LogP contribution in [0.5, 0.6) is 11.5 Å². The minimum Gasteiger partial charge on any atom is -0.486 e. The molecule has 1 aromatic carbocycles. The van der Waals surface area contributed by atoms with Crippen LogP contribution in [0.1, 0.15) is 23.2 Å². The minimum absolute atomic E-state index is 0.538. The van der Waals surface area contributed by atoms with E-state index in [1.165, 1.54) is 0 Å². The van der Waals surface area contributed by atoms with E-state index in [1.807, 2.05) is 19.1 Å². The predicted molar refractivity (Wildman–Crippen MR) is 111 cm³/mol. The molecule has 0 saturated heterocycles. The standard InChI is InChI=1S/C19H25ClN4O2S/c1-3-21-19(23-7-5-15-12-27-13(2)24-15)22-6-4-14-10-16(20)18-17(11-14)25-8-9-26-18/h10-12H,3-9H2,1-2H3,(H2,21,22,23). The second-order valence-electron chi connectivity index (χ2n) is 6.15. The molecule has 3 rings (SSSR count). The number of fused-ring (bicyclic) bond motifs is 1. The van der Waals surface area contributed by atoms with E-state index in [0.29, 0.717) is 30.5 Å². The average molecular weight is 409 g/mol. The Morgan fingerprint density at radius 2 is 2.11 bits per heavy atom. The SMILES string of the molecule is CCNC(=NCCc1csc(C)n1)NCCc1cc(Cl)c2c(c1)OCCO2. The molecular formula is C19H25ClN4O2S.